The van der Waals surface area contributed by atoms with Crippen molar-refractivity contribution >= 4 is 17.3 Å². The second-order valence-corrected chi connectivity index (χ2v) is 4.36. The van der Waals surface area contributed by atoms with Crippen molar-refractivity contribution in [3.05, 3.63) is 67.3 Å². The van der Waals surface area contributed by atoms with Gasteiger partial charge in [0.25, 0.3) is 11.2 Å². The van der Waals surface area contributed by atoms with Gasteiger partial charge in [0.15, 0.2) is 0 Å². The summed E-state index contributed by atoms with van der Waals surface area (Å²) in [6.07, 6.45) is 0. The summed E-state index contributed by atoms with van der Waals surface area (Å²) in [5.74, 6) is 0.462. The van der Waals surface area contributed by atoms with Gasteiger partial charge in [-0.15, -0.1) is 0 Å². The molecule has 0 spiro atoms. The number of aryl methyl sites for hydroxylation is 1. The normalized spacial score (nSPS) is 10.4. The Morgan fingerprint density at radius 2 is 2.16 bits per heavy atom. The number of nitro benzene ring substituents is 1. The van der Waals surface area contributed by atoms with Crippen LogP contribution in [0.15, 0.2) is 35.1 Å². The lowest BCUT2D eigenvalue weighted by Gasteiger charge is -2.08. The molecule has 2 aromatic rings. The first kappa shape index (κ1) is 13.2. The zero-order valence-electron chi connectivity index (χ0n) is 10.0. The molecule has 19 heavy (non-hydrogen) atoms. The molecule has 2 rings (SSSR count). The van der Waals surface area contributed by atoms with Crippen molar-refractivity contribution in [3.8, 4) is 0 Å². The van der Waals surface area contributed by atoms with Gasteiger partial charge in [-0.1, -0.05) is 23.7 Å². The third-order valence-corrected chi connectivity index (χ3v) is 2.82. The molecule has 1 aromatic heterocycles. The van der Waals surface area contributed by atoms with E-state index in [0.717, 1.165) is 0 Å². The molecule has 98 valence electrons. The zero-order chi connectivity index (χ0) is 14.0. The van der Waals surface area contributed by atoms with Gasteiger partial charge in [0.05, 0.1) is 11.5 Å². The Bertz CT molecular complexity index is 697. The van der Waals surface area contributed by atoms with Gasteiger partial charge in [0.1, 0.15) is 11.0 Å². The van der Waals surface area contributed by atoms with Crippen molar-refractivity contribution in [2.45, 2.75) is 13.5 Å². The molecule has 0 saturated carbocycles. The van der Waals surface area contributed by atoms with Gasteiger partial charge >= 0.3 is 0 Å². The van der Waals surface area contributed by atoms with Crippen molar-refractivity contribution in [2.24, 2.45) is 0 Å². The summed E-state index contributed by atoms with van der Waals surface area (Å²) >= 11 is 5.68. The van der Waals surface area contributed by atoms with E-state index in [0.29, 0.717) is 11.4 Å². The Morgan fingerprint density at radius 1 is 1.42 bits per heavy atom. The van der Waals surface area contributed by atoms with E-state index in [1.807, 2.05) is 0 Å². The highest BCUT2D eigenvalue weighted by molar-refractivity contribution is 6.29. The van der Waals surface area contributed by atoms with Crippen LogP contribution in [0.4, 0.5) is 5.69 Å². The molecule has 6 nitrogen and oxygen atoms in total. The highest BCUT2D eigenvalue weighted by atomic mass is 35.5. The fourth-order valence-electron chi connectivity index (χ4n) is 1.73. The first-order chi connectivity index (χ1) is 8.97. The van der Waals surface area contributed by atoms with Crippen molar-refractivity contribution in [3.63, 3.8) is 0 Å². The minimum atomic E-state index is -0.473. The molecular formula is C12H10ClN3O3. The van der Waals surface area contributed by atoms with E-state index >= 15 is 0 Å². The standard InChI is InChI=1S/C12H10ClN3O3/c1-8-14-11(13)6-12(17)15(8)7-9-3-2-4-10(5-9)16(18)19/h2-6H,7H2,1H3. The maximum Gasteiger partial charge on any atom is 0.269 e. The van der Waals surface area contributed by atoms with Crippen LogP contribution >= 0.6 is 11.6 Å². The molecule has 0 amide bonds. The molecular weight excluding hydrogens is 270 g/mol. The van der Waals surface area contributed by atoms with E-state index < -0.39 is 4.92 Å². The number of halogens is 1. The van der Waals surface area contributed by atoms with E-state index in [2.05, 4.69) is 4.98 Å². The minimum Gasteiger partial charge on any atom is -0.292 e. The predicted octanol–water partition coefficient (Wildman–Crippen LogP) is 2.16. The topological polar surface area (TPSA) is 78.0 Å². The average Bonchev–Trinajstić information content (AvgIpc) is 2.34. The van der Waals surface area contributed by atoms with E-state index in [-0.39, 0.29) is 22.9 Å². The Balaban J connectivity index is 2.39. The summed E-state index contributed by atoms with van der Waals surface area (Å²) < 4.78 is 1.41. The van der Waals surface area contributed by atoms with Gasteiger partial charge in [-0.05, 0) is 12.5 Å². The number of aromatic nitrogens is 2. The van der Waals surface area contributed by atoms with Crippen molar-refractivity contribution < 1.29 is 4.92 Å². The number of benzene rings is 1. The van der Waals surface area contributed by atoms with Gasteiger partial charge < -0.3 is 0 Å². The van der Waals surface area contributed by atoms with Crippen LogP contribution in [-0.4, -0.2) is 14.5 Å². The average molecular weight is 280 g/mol. The van der Waals surface area contributed by atoms with Crippen LogP contribution in [0.3, 0.4) is 0 Å². The van der Waals surface area contributed by atoms with Crippen LogP contribution in [0.2, 0.25) is 5.15 Å². The summed E-state index contributed by atoms with van der Waals surface area (Å²) in [6.45, 7) is 1.88. The Kier molecular flexibility index (Phi) is 3.62. The van der Waals surface area contributed by atoms with Crippen molar-refractivity contribution in [2.75, 3.05) is 0 Å². The molecule has 1 aromatic carbocycles. The molecule has 7 heteroatoms. The third kappa shape index (κ3) is 2.97. The summed E-state index contributed by atoms with van der Waals surface area (Å²) in [6, 6.07) is 7.34. The van der Waals surface area contributed by atoms with Crippen LogP contribution < -0.4 is 5.56 Å². The Morgan fingerprint density at radius 3 is 2.79 bits per heavy atom. The first-order valence-corrected chi connectivity index (χ1v) is 5.82. The van der Waals surface area contributed by atoms with Gasteiger partial charge in [0, 0.05) is 18.2 Å². The molecule has 0 unspecified atom stereocenters. The van der Waals surface area contributed by atoms with Gasteiger partial charge in [-0.3, -0.25) is 19.5 Å². The zero-order valence-corrected chi connectivity index (χ0v) is 10.8. The number of hydrogen-bond acceptors (Lipinski definition) is 4. The van der Waals surface area contributed by atoms with Crippen LogP contribution in [0, 0.1) is 17.0 Å². The molecule has 0 radical (unpaired) electrons. The first-order valence-electron chi connectivity index (χ1n) is 5.44. The minimum absolute atomic E-state index is 0.00914. The Hall–Kier alpha value is -2.21. The molecule has 0 fully saturated rings. The lowest BCUT2D eigenvalue weighted by Crippen LogP contribution is -2.23. The number of nitro groups is 1. The molecule has 0 aliphatic carbocycles. The van der Waals surface area contributed by atoms with Crippen molar-refractivity contribution in [1.82, 2.24) is 9.55 Å². The molecule has 0 saturated heterocycles. The molecule has 0 bridgehead atoms. The lowest BCUT2D eigenvalue weighted by atomic mass is 10.2. The summed E-state index contributed by atoms with van der Waals surface area (Å²) in [5, 5.41) is 10.8. The van der Waals surface area contributed by atoms with E-state index in [1.54, 1.807) is 19.1 Å². The molecule has 0 N–H and O–H groups in total. The maximum absolute atomic E-state index is 11.8. The highest BCUT2D eigenvalue weighted by Gasteiger charge is 2.08. The van der Waals surface area contributed by atoms with Crippen LogP contribution in [0.5, 0.6) is 0 Å². The highest BCUT2D eigenvalue weighted by Crippen LogP contribution is 2.14. The van der Waals surface area contributed by atoms with E-state index in [4.69, 9.17) is 11.6 Å². The SMILES string of the molecule is Cc1nc(Cl)cc(=O)n1Cc1cccc([N+](=O)[O-])c1. The molecule has 0 aliphatic rings. The predicted molar refractivity (Wildman–Crippen MR) is 70.4 cm³/mol. The number of rotatable bonds is 3. The van der Waals surface area contributed by atoms with E-state index in [1.165, 1.54) is 22.8 Å². The lowest BCUT2D eigenvalue weighted by molar-refractivity contribution is -0.384. The molecule has 0 atom stereocenters. The maximum atomic E-state index is 11.8. The van der Waals surface area contributed by atoms with Crippen LogP contribution in [0.25, 0.3) is 0 Å². The third-order valence-electron chi connectivity index (χ3n) is 2.63. The summed E-state index contributed by atoms with van der Waals surface area (Å²) in [5.41, 5.74) is 0.359. The Labute approximate surface area is 113 Å². The van der Waals surface area contributed by atoms with Gasteiger partial charge in [0.2, 0.25) is 0 Å². The fourth-order valence-corrected chi connectivity index (χ4v) is 1.95. The van der Waals surface area contributed by atoms with Gasteiger partial charge in [-0.25, -0.2) is 4.98 Å². The quantitative estimate of drug-likeness (QED) is 0.490. The monoisotopic (exact) mass is 279 g/mol. The van der Waals surface area contributed by atoms with Crippen LogP contribution in [-0.2, 0) is 6.54 Å². The number of non-ortho nitro benzene ring substituents is 1. The second kappa shape index (κ2) is 5.19. The van der Waals surface area contributed by atoms with Gasteiger partial charge in [-0.2, -0.15) is 0 Å². The van der Waals surface area contributed by atoms with Crippen molar-refractivity contribution in [1.29, 1.82) is 0 Å². The smallest absolute Gasteiger partial charge is 0.269 e. The summed E-state index contributed by atoms with van der Waals surface area (Å²) in [4.78, 5) is 26.0. The number of nitrogens with zero attached hydrogens (tertiary/aromatic N) is 3. The number of hydrogen-bond donors (Lipinski definition) is 0. The van der Waals surface area contributed by atoms with Crippen LogP contribution in [0.1, 0.15) is 11.4 Å². The second-order valence-electron chi connectivity index (χ2n) is 3.98. The van der Waals surface area contributed by atoms with E-state index in [9.17, 15) is 14.9 Å². The molecule has 0 aliphatic heterocycles. The summed E-state index contributed by atoms with van der Waals surface area (Å²) in [7, 11) is 0. The fraction of sp³-hybridized carbons (Fsp3) is 0.167. The largest absolute Gasteiger partial charge is 0.292 e. The molecule has 1 heterocycles.